The minimum Gasteiger partial charge on any atom is -0.326 e. The normalized spacial score (nSPS) is 10.9. The summed E-state index contributed by atoms with van der Waals surface area (Å²) in [6.07, 6.45) is 4.23. The molecule has 2 heteroatoms. The molecule has 1 rings (SSSR count). The molecule has 0 bridgehead atoms. The summed E-state index contributed by atoms with van der Waals surface area (Å²) >= 11 is 0. The van der Waals surface area contributed by atoms with Crippen molar-refractivity contribution in [2.75, 3.05) is 5.32 Å². The molecule has 0 atom stereocenters. The number of amides is 1. The van der Waals surface area contributed by atoms with E-state index in [-0.39, 0.29) is 5.91 Å². The molecule has 0 radical (unpaired) electrons. The van der Waals surface area contributed by atoms with Crippen molar-refractivity contribution in [3.8, 4) is 0 Å². The summed E-state index contributed by atoms with van der Waals surface area (Å²) in [7, 11) is 0. The van der Waals surface area contributed by atoms with Gasteiger partial charge in [-0.25, -0.2) is 0 Å². The van der Waals surface area contributed by atoms with Gasteiger partial charge in [0.25, 0.3) is 0 Å². The molecule has 0 aliphatic rings. The second-order valence-corrected chi connectivity index (χ2v) is 3.91. The van der Waals surface area contributed by atoms with Gasteiger partial charge in [-0.3, -0.25) is 4.79 Å². The molecule has 0 fully saturated rings. The van der Waals surface area contributed by atoms with Crippen LogP contribution in [0.2, 0.25) is 0 Å². The minimum atomic E-state index is -0.0412. The average molecular weight is 203 g/mol. The number of anilines is 1. The summed E-state index contributed by atoms with van der Waals surface area (Å²) < 4.78 is 0. The highest BCUT2D eigenvalue weighted by Crippen LogP contribution is 2.11. The average Bonchev–Trinajstić information content (AvgIpc) is 2.16. The van der Waals surface area contributed by atoms with Crippen molar-refractivity contribution in [2.24, 2.45) is 5.92 Å². The number of nitrogens with one attached hydrogen (secondary N) is 1. The predicted molar refractivity (Wildman–Crippen MR) is 64.6 cm³/mol. The number of benzene rings is 1. The number of carbonyl (C=O) groups excluding carboxylic acids is 1. The summed E-state index contributed by atoms with van der Waals surface area (Å²) in [5.74, 6) is 0.514. The molecule has 1 N–H and O–H groups in total. The van der Waals surface area contributed by atoms with Crippen molar-refractivity contribution in [2.45, 2.75) is 20.8 Å². The zero-order chi connectivity index (χ0) is 11.3. The first-order valence-corrected chi connectivity index (χ1v) is 5.14. The Hall–Kier alpha value is -1.57. The first kappa shape index (κ1) is 11.5. The van der Waals surface area contributed by atoms with Gasteiger partial charge in [-0.05, 0) is 23.6 Å². The van der Waals surface area contributed by atoms with Gasteiger partial charge in [-0.15, -0.1) is 0 Å². The minimum absolute atomic E-state index is 0.0412. The fourth-order valence-corrected chi connectivity index (χ4v) is 1.18. The van der Waals surface area contributed by atoms with Gasteiger partial charge in [0.1, 0.15) is 0 Å². The van der Waals surface area contributed by atoms with Crippen LogP contribution in [0.3, 0.4) is 0 Å². The van der Waals surface area contributed by atoms with E-state index in [1.807, 2.05) is 24.3 Å². The molecule has 80 valence electrons. The summed E-state index contributed by atoms with van der Waals surface area (Å²) in [4.78, 5) is 10.8. The molecule has 1 aromatic carbocycles. The number of allylic oxidation sites excluding steroid dienone is 1. The highest BCUT2D eigenvalue weighted by Gasteiger charge is 1.94. The van der Waals surface area contributed by atoms with Crippen molar-refractivity contribution < 1.29 is 4.79 Å². The molecule has 2 nitrogen and oxygen atoms in total. The number of hydrogen-bond donors (Lipinski definition) is 1. The Bertz CT molecular complexity index is 349. The maximum Gasteiger partial charge on any atom is 0.221 e. The standard InChI is InChI=1S/C13H17NO/c1-10(2)4-5-12-6-8-13(9-7-12)14-11(3)15/h4-10H,1-3H3,(H,14,15)/b5-4+. The molecule has 1 amide bonds. The Morgan fingerprint density at radius 2 is 1.87 bits per heavy atom. The number of rotatable bonds is 3. The lowest BCUT2D eigenvalue weighted by Crippen LogP contribution is -2.05. The second-order valence-electron chi connectivity index (χ2n) is 3.91. The van der Waals surface area contributed by atoms with Gasteiger partial charge in [0, 0.05) is 12.6 Å². The molecule has 0 saturated heterocycles. The lowest BCUT2D eigenvalue weighted by molar-refractivity contribution is -0.114. The highest BCUT2D eigenvalue weighted by atomic mass is 16.1. The molecule has 15 heavy (non-hydrogen) atoms. The third-order valence-corrected chi connectivity index (χ3v) is 1.90. The quantitative estimate of drug-likeness (QED) is 0.802. The Balaban J connectivity index is 2.68. The van der Waals surface area contributed by atoms with E-state index in [2.05, 4.69) is 31.3 Å². The molecule has 0 heterocycles. The monoisotopic (exact) mass is 203 g/mol. The van der Waals surface area contributed by atoms with Crippen molar-refractivity contribution in [3.63, 3.8) is 0 Å². The van der Waals surface area contributed by atoms with Crippen LogP contribution in [0.4, 0.5) is 5.69 Å². The first-order chi connectivity index (χ1) is 7.08. The van der Waals surface area contributed by atoms with Crippen LogP contribution in [0.25, 0.3) is 6.08 Å². The van der Waals surface area contributed by atoms with E-state index in [9.17, 15) is 4.79 Å². The maximum atomic E-state index is 10.8. The van der Waals surface area contributed by atoms with Crippen LogP contribution in [0, 0.1) is 5.92 Å². The van der Waals surface area contributed by atoms with E-state index in [1.165, 1.54) is 6.92 Å². The van der Waals surface area contributed by atoms with Crippen LogP contribution in [-0.2, 0) is 4.79 Å². The van der Waals surface area contributed by atoms with E-state index in [0.717, 1.165) is 11.3 Å². The summed E-state index contributed by atoms with van der Waals surface area (Å²) in [5, 5.41) is 2.73. The van der Waals surface area contributed by atoms with E-state index in [0.29, 0.717) is 5.92 Å². The zero-order valence-corrected chi connectivity index (χ0v) is 9.45. The van der Waals surface area contributed by atoms with Crippen LogP contribution in [-0.4, -0.2) is 5.91 Å². The van der Waals surface area contributed by atoms with Gasteiger partial charge in [0.05, 0.1) is 0 Å². The van der Waals surface area contributed by atoms with Gasteiger partial charge < -0.3 is 5.32 Å². The van der Waals surface area contributed by atoms with Gasteiger partial charge in [-0.1, -0.05) is 38.1 Å². The van der Waals surface area contributed by atoms with Crippen LogP contribution < -0.4 is 5.32 Å². The first-order valence-electron chi connectivity index (χ1n) is 5.14. The van der Waals surface area contributed by atoms with E-state index >= 15 is 0 Å². The van der Waals surface area contributed by atoms with Crippen molar-refractivity contribution >= 4 is 17.7 Å². The molecule has 0 spiro atoms. The topological polar surface area (TPSA) is 29.1 Å². The van der Waals surface area contributed by atoms with Crippen LogP contribution in [0.1, 0.15) is 26.3 Å². The van der Waals surface area contributed by atoms with Crippen molar-refractivity contribution in [1.29, 1.82) is 0 Å². The molecule has 0 aromatic heterocycles. The third kappa shape index (κ3) is 4.45. The summed E-state index contributed by atoms with van der Waals surface area (Å²) in [6.45, 7) is 5.79. The Labute approximate surface area is 91.0 Å². The molecule has 1 aromatic rings. The van der Waals surface area contributed by atoms with Crippen molar-refractivity contribution in [3.05, 3.63) is 35.9 Å². The number of hydrogen-bond acceptors (Lipinski definition) is 1. The van der Waals surface area contributed by atoms with E-state index in [4.69, 9.17) is 0 Å². The van der Waals surface area contributed by atoms with E-state index in [1.54, 1.807) is 0 Å². The fraction of sp³-hybridized carbons (Fsp3) is 0.308. The molecule has 0 saturated carbocycles. The maximum absolute atomic E-state index is 10.8. The lowest BCUT2D eigenvalue weighted by atomic mass is 10.1. The van der Waals surface area contributed by atoms with Crippen LogP contribution >= 0.6 is 0 Å². The summed E-state index contributed by atoms with van der Waals surface area (Å²) in [6, 6.07) is 7.79. The molecule has 0 unspecified atom stereocenters. The molecule has 0 aliphatic heterocycles. The highest BCUT2D eigenvalue weighted by molar-refractivity contribution is 5.88. The smallest absolute Gasteiger partial charge is 0.221 e. The SMILES string of the molecule is CC(=O)Nc1ccc(/C=C/C(C)C)cc1. The Morgan fingerprint density at radius 1 is 1.27 bits per heavy atom. The Kier molecular flexibility index (Phi) is 4.10. The molecular weight excluding hydrogens is 186 g/mol. The molecule has 0 aliphatic carbocycles. The lowest BCUT2D eigenvalue weighted by Gasteiger charge is -2.02. The fourth-order valence-electron chi connectivity index (χ4n) is 1.18. The van der Waals surface area contributed by atoms with Crippen molar-refractivity contribution in [1.82, 2.24) is 0 Å². The predicted octanol–water partition coefficient (Wildman–Crippen LogP) is 3.31. The van der Waals surface area contributed by atoms with Gasteiger partial charge in [-0.2, -0.15) is 0 Å². The van der Waals surface area contributed by atoms with Gasteiger partial charge >= 0.3 is 0 Å². The van der Waals surface area contributed by atoms with E-state index < -0.39 is 0 Å². The largest absolute Gasteiger partial charge is 0.326 e. The Morgan fingerprint density at radius 3 is 2.33 bits per heavy atom. The third-order valence-electron chi connectivity index (χ3n) is 1.90. The van der Waals surface area contributed by atoms with Gasteiger partial charge in [0.2, 0.25) is 5.91 Å². The van der Waals surface area contributed by atoms with Gasteiger partial charge in [0.15, 0.2) is 0 Å². The molecular formula is C13H17NO. The van der Waals surface area contributed by atoms with Crippen LogP contribution in [0.5, 0.6) is 0 Å². The van der Waals surface area contributed by atoms with Crippen LogP contribution in [0.15, 0.2) is 30.3 Å². The number of carbonyl (C=O) groups is 1. The zero-order valence-electron chi connectivity index (χ0n) is 9.45. The summed E-state index contributed by atoms with van der Waals surface area (Å²) in [5.41, 5.74) is 1.99. The second kappa shape index (κ2) is 5.35.